The van der Waals surface area contributed by atoms with Crippen LogP contribution in [0, 0.1) is 6.92 Å². The third-order valence-electron chi connectivity index (χ3n) is 2.97. The lowest BCUT2D eigenvalue weighted by molar-refractivity contribution is -0.165. The number of carbonyl (C=O) groups is 2. The Morgan fingerprint density at radius 1 is 1.50 bits per heavy atom. The van der Waals surface area contributed by atoms with Gasteiger partial charge >= 0.3 is 0 Å². The molecule has 0 unspecified atom stereocenters. The molecule has 1 N–H and O–H groups in total. The van der Waals surface area contributed by atoms with E-state index in [1.54, 1.807) is 25.1 Å². The van der Waals surface area contributed by atoms with E-state index in [1.807, 2.05) is 6.07 Å². The van der Waals surface area contributed by atoms with Gasteiger partial charge in [-0.2, -0.15) is 5.06 Å². The van der Waals surface area contributed by atoms with Crippen molar-refractivity contribution >= 4 is 12.3 Å². The maximum absolute atomic E-state index is 12.0. The van der Waals surface area contributed by atoms with E-state index in [9.17, 15) is 14.7 Å². The van der Waals surface area contributed by atoms with E-state index in [1.165, 1.54) is 0 Å². The second-order valence-corrected chi connectivity index (χ2v) is 4.55. The molecule has 0 spiro atoms. The zero-order valence-electron chi connectivity index (χ0n) is 10.1. The molecule has 96 valence electrons. The number of nitrogens with zero attached hydrogens (tertiary/aromatic N) is 1. The molecular weight excluding hydrogens is 234 g/mol. The van der Waals surface area contributed by atoms with Crippen LogP contribution >= 0.6 is 0 Å². The number of aryl methyl sites for hydroxylation is 1. The van der Waals surface area contributed by atoms with E-state index in [0.717, 1.165) is 5.56 Å². The number of carbonyl (C=O) groups excluding carboxylic acids is 2. The first kappa shape index (κ1) is 12.7. The molecule has 0 aromatic heterocycles. The summed E-state index contributed by atoms with van der Waals surface area (Å²) in [4.78, 5) is 27.9. The average Bonchev–Trinajstić information content (AvgIpc) is 3.08. The maximum Gasteiger partial charge on any atom is 0.284 e. The third kappa shape index (κ3) is 2.75. The third-order valence-corrected chi connectivity index (χ3v) is 2.97. The summed E-state index contributed by atoms with van der Waals surface area (Å²) < 4.78 is 0. The first-order valence-electron chi connectivity index (χ1n) is 5.75. The van der Waals surface area contributed by atoms with Crippen LogP contribution in [0.25, 0.3) is 0 Å². The number of hydrogen-bond donors (Lipinski definition) is 1. The van der Waals surface area contributed by atoms with Crippen LogP contribution in [0.4, 0.5) is 0 Å². The Labute approximate surface area is 105 Å². The fraction of sp³-hybridized carbons (Fsp3) is 0.385. The van der Waals surface area contributed by atoms with Crippen LogP contribution in [0.3, 0.4) is 0 Å². The molecule has 1 aliphatic rings. The molecule has 0 heterocycles. The predicted molar refractivity (Wildman–Crippen MR) is 63.5 cm³/mol. The maximum atomic E-state index is 12.0. The number of aliphatic hydroxyl groups is 1. The average molecular weight is 249 g/mol. The zero-order chi connectivity index (χ0) is 13.2. The first-order chi connectivity index (χ1) is 8.56. The standard InChI is InChI=1S/C13H15NO4/c1-10-4-2-3-5-11(10)12(16)14(9-15)18-8-13(17)6-7-13/h2-5,9,17H,6-8H2,1H3. The largest absolute Gasteiger partial charge is 0.387 e. The van der Waals surface area contributed by atoms with Crippen LogP contribution in [-0.2, 0) is 9.63 Å². The van der Waals surface area contributed by atoms with E-state index in [-0.39, 0.29) is 6.61 Å². The Balaban J connectivity index is 2.05. The molecule has 0 atom stereocenters. The summed E-state index contributed by atoms with van der Waals surface area (Å²) in [6, 6.07) is 6.94. The monoisotopic (exact) mass is 249 g/mol. The molecule has 2 rings (SSSR count). The van der Waals surface area contributed by atoms with Crippen molar-refractivity contribution in [3.05, 3.63) is 35.4 Å². The second-order valence-electron chi connectivity index (χ2n) is 4.55. The number of rotatable bonds is 5. The van der Waals surface area contributed by atoms with Crippen molar-refractivity contribution in [3.8, 4) is 0 Å². The Hall–Kier alpha value is -1.72. The quantitative estimate of drug-likeness (QED) is 0.625. The number of hydroxylamine groups is 2. The molecule has 1 aromatic rings. The SMILES string of the molecule is Cc1ccccc1C(=O)N(C=O)OCC1(O)CC1. The normalized spacial score (nSPS) is 16.1. The number of imide groups is 1. The Morgan fingerprint density at radius 3 is 2.72 bits per heavy atom. The molecule has 1 aromatic carbocycles. The lowest BCUT2D eigenvalue weighted by Crippen LogP contribution is -2.34. The highest BCUT2D eigenvalue weighted by molar-refractivity contribution is 5.99. The van der Waals surface area contributed by atoms with Crippen molar-refractivity contribution in [2.45, 2.75) is 25.4 Å². The molecule has 2 amide bonds. The summed E-state index contributed by atoms with van der Waals surface area (Å²) in [5.41, 5.74) is 0.309. The van der Waals surface area contributed by atoms with Gasteiger partial charge in [0, 0.05) is 5.56 Å². The molecular formula is C13H15NO4. The fourth-order valence-corrected chi connectivity index (χ4v) is 1.55. The van der Waals surface area contributed by atoms with Crippen LogP contribution in [0.1, 0.15) is 28.8 Å². The van der Waals surface area contributed by atoms with Crippen LogP contribution in [0.5, 0.6) is 0 Å². The molecule has 1 fully saturated rings. The van der Waals surface area contributed by atoms with Gasteiger partial charge in [0.1, 0.15) is 6.61 Å². The smallest absolute Gasteiger partial charge is 0.284 e. The minimum atomic E-state index is -0.868. The molecule has 5 heteroatoms. The molecule has 0 saturated heterocycles. The summed E-state index contributed by atoms with van der Waals surface area (Å²) >= 11 is 0. The zero-order valence-corrected chi connectivity index (χ0v) is 10.1. The van der Waals surface area contributed by atoms with Gasteiger partial charge in [-0.3, -0.25) is 14.4 Å². The summed E-state index contributed by atoms with van der Waals surface area (Å²) in [6.45, 7) is 1.74. The lowest BCUT2D eigenvalue weighted by Gasteiger charge is -2.17. The minimum Gasteiger partial charge on any atom is -0.387 e. The van der Waals surface area contributed by atoms with Crippen LogP contribution < -0.4 is 0 Å². The Kier molecular flexibility index (Phi) is 3.45. The van der Waals surface area contributed by atoms with E-state index in [2.05, 4.69) is 0 Å². The molecule has 0 bridgehead atoms. The lowest BCUT2D eigenvalue weighted by atomic mass is 10.1. The van der Waals surface area contributed by atoms with Crippen molar-refractivity contribution in [2.75, 3.05) is 6.61 Å². The number of amides is 2. The van der Waals surface area contributed by atoms with Crippen molar-refractivity contribution in [1.82, 2.24) is 5.06 Å². The second kappa shape index (κ2) is 4.88. The highest BCUT2D eigenvalue weighted by Gasteiger charge is 2.41. The van der Waals surface area contributed by atoms with Crippen molar-refractivity contribution in [2.24, 2.45) is 0 Å². The molecule has 1 saturated carbocycles. The van der Waals surface area contributed by atoms with Crippen LogP contribution in [0.2, 0.25) is 0 Å². The van der Waals surface area contributed by atoms with Gasteiger partial charge < -0.3 is 5.11 Å². The topological polar surface area (TPSA) is 66.8 Å². The van der Waals surface area contributed by atoms with Gasteiger partial charge in [-0.1, -0.05) is 18.2 Å². The molecule has 0 radical (unpaired) electrons. The minimum absolute atomic E-state index is 0.0383. The van der Waals surface area contributed by atoms with Gasteiger partial charge in [-0.05, 0) is 31.4 Å². The summed E-state index contributed by atoms with van der Waals surface area (Å²) in [5.74, 6) is -0.521. The van der Waals surface area contributed by atoms with Crippen LogP contribution in [-0.4, -0.2) is 34.7 Å². The number of benzene rings is 1. The first-order valence-corrected chi connectivity index (χ1v) is 5.75. The predicted octanol–water partition coefficient (Wildman–Crippen LogP) is 1.05. The van der Waals surface area contributed by atoms with E-state index < -0.39 is 11.5 Å². The van der Waals surface area contributed by atoms with Gasteiger partial charge in [0.25, 0.3) is 5.91 Å². The van der Waals surface area contributed by atoms with Gasteiger partial charge in [0.15, 0.2) is 0 Å². The van der Waals surface area contributed by atoms with Crippen molar-refractivity contribution in [3.63, 3.8) is 0 Å². The Morgan fingerprint density at radius 2 is 2.17 bits per heavy atom. The molecule has 0 aliphatic heterocycles. The summed E-state index contributed by atoms with van der Waals surface area (Å²) in [6.07, 6.45) is 1.59. The summed E-state index contributed by atoms with van der Waals surface area (Å²) in [7, 11) is 0. The highest BCUT2D eigenvalue weighted by atomic mass is 16.7. The van der Waals surface area contributed by atoms with Gasteiger partial charge in [-0.25, -0.2) is 0 Å². The molecule has 5 nitrogen and oxygen atoms in total. The van der Waals surface area contributed by atoms with Crippen LogP contribution in [0.15, 0.2) is 24.3 Å². The highest BCUT2D eigenvalue weighted by Crippen LogP contribution is 2.35. The van der Waals surface area contributed by atoms with E-state index in [0.29, 0.717) is 29.9 Å². The van der Waals surface area contributed by atoms with Crippen molar-refractivity contribution in [1.29, 1.82) is 0 Å². The Bertz CT molecular complexity index is 468. The van der Waals surface area contributed by atoms with Gasteiger partial charge in [0.2, 0.25) is 6.41 Å². The van der Waals surface area contributed by atoms with Crippen molar-refractivity contribution < 1.29 is 19.5 Å². The van der Waals surface area contributed by atoms with E-state index >= 15 is 0 Å². The molecule has 1 aliphatic carbocycles. The fourth-order valence-electron chi connectivity index (χ4n) is 1.55. The van der Waals surface area contributed by atoms with E-state index in [4.69, 9.17) is 4.84 Å². The van der Waals surface area contributed by atoms with Gasteiger partial charge in [-0.15, -0.1) is 0 Å². The molecule has 18 heavy (non-hydrogen) atoms. The van der Waals surface area contributed by atoms with Gasteiger partial charge in [0.05, 0.1) is 5.60 Å². The summed E-state index contributed by atoms with van der Waals surface area (Å²) in [5, 5.41) is 10.2. The number of hydrogen-bond acceptors (Lipinski definition) is 4.